The molecule has 98 valence electrons. The standard InChI is InChI=1S/C14H21N3O/c1-14(2,3)12-6-5-11(9-16-12)10-17-8-4-7-15-13(17)18/h5-6,9H,4,7-8,10H2,1-3H3,(H,15,18). The zero-order chi connectivity index (χ0) is 13.2. The van der Waals surface area contributed by atoms with Gasteiger partial charge < -0.3 is 10.2 Å². The van der Waals surface area contributed by atoms with Gasteiger partial charge in [-0.2, -0.15) is 0 Å². The lowest BCUT2D eigenvalue weighted by Crippen LogP contribution is -2.45. The molecule has 4 nitrogen and oxygen atoms in total. The molecule has 1 aliphatic rings. The molecule has 1 aliphatic heterocycles. The number of amides is 2. The number of carbonyl (C=O) groups excluding carboxylic acids is 1. The fourth-order valence-corrected chi connectivity index (χ4v) is 2.01. The van der Waals surface area contributed by atoms with Crippen LogP contribution >= 0.6 is 0 Å². The normalized spacial score (nSPS) is 16.6. The van der Waals surface area contributed by atoms with E-state index in [1.165, 1.54) is 0 Å². The summed E-state index contributed by atoms with van der Waals surface area (Å²) in [6.07, 6.45) is 2.89. The lowest BCUT2D eigenvalue weighted by atomic mass is 9.91. The van der Waals surface area contributed by atoms with E-state index < -0.39 is 0 Å². The Morgan fingerprint density at radius 3 is 2.72 bits per heavy atom. The Balaban J connectivity index is 2.04. The highest BCUT2D eigenvalue weighted by Gasteiger charge is 2.18. The Morgan fingerprint density at radius 1 is 1.39 bits per heavy atom. The van der Waals surface area contributed by atoms with Crippen molar-refractivity contribution in [1.29, 1.82) is 0 Å². The summed E-state index contributed by atoms with van der Waals surface area (Å²) in [7, 11) is 0. The fourth-order valence-electron chi connectivity index (χ4n) is 2.01. The van der Waals surface area contributed by atoms with E-state index in [9.17, 15) is 4.79 Å². The van der Waals surface area contributed by atoms with Crippen LogP contribution < -0.4 is 5.32 Å². The van der Waals surface area contributed by atoms with E-state index in [1.54, 1.807) is 0 Å². The van der Waals surface area contributed by atoms with E-state index in [4.69, 9.17) is 0 Å². The van der Waals surface area contributed by atoms with Crippen LogP contribution in [0.5, 0.6) is 0 Å². The highest BCUT2D eigenvalue weighted by Crippen LogP contribution is 2.20. The van der Waals surface area contributed by atoms with Crippen molar-refractivity contribution in [2.24, 2.45) is 0 Å². The summed E-state index contributed by atoms with van der Waals surface area (Å²) in [6.45, 7) is 8.69. The third-order valence-corrected chi connectivity index (χ3v) is 3.13. The largest absolute Gasteiger partial charge is 0.338 e. The highest BCUT2D eigenvalue weighted by atomic mass is 16.2. The monoisotopic (exact) mass is 247 g/mol. The van der Waals surface area contributed by atoms with Gasteiger partial charge in [0.05, 0.1) is 0 Å². The maximum absolute atomic E-state index is 11.6. The molecule has 0 spiro atoms. The van der Waals surface area contributed by atoms with Crippen molar-refractivity contribution >= 4 is 6.03 Å². The topological polar surface area (TPSA) is 45.2 Å². The zero-order valence-electron chi connectivity index (χ0n) is 11.4. The van der Waals surface area contributed by atoms with Crippen LogP contribution in [0.4, 0.5) is 4.79 Å². The van der Waals surface area contributed by atoms with Crippen molar-refractivity contribution in [2.75, 3.05) is 13.1 Å². The number of carbonyl (C=O) groups is 1. The van der Waals surface area contributed by atoms with Gasteiger partial charge >= 0.3 is 6.03 Å². The van der Waals surface area contributed by atoms with Crippen LogP contribution in [0.2, 0.25) is 0 Å². The van der Waals surface area contributed by atoms with E-state index in [0.29, 0.717) is 6.54 Å². The third kappa shape index (κ3) is 3.00. The van der Waals surface area contributed by atoms with Gasteiger partial charge in [0.15, 0.2) is 0 Å². The predicted molar refractivity (Wildman–Crippen MR) is 71.4 cm³/mol. The van der Waals surface area contributed by atoms with E-state index in [2.05, 4.69) is 43.2 Å². The van der Waals surface area contributed by atoms with Gasteiger partial charge in [-0.25, -0.2) is 4.79 Å². The summed E-state index contributed by atoms with van der Waals surface area (Å²) in [5.74, 6) is 0. The quantitative estimate of drug-likeness (QED) is 0.871. The second-order valence-electron chi connectivity index (χ2n) is 5.81. The first kappa shape index (κ1) is 12.9. The summed E-state index contributed by atoms with van der Waals surface area (Å²) in [6, 6.07) is 4.15. The van der Waals surface area contributed by atoms with Gasteiger partial charge in [0.1, 0.15) is 0 Å². The molecule has 1 fully saturated rings. The molecule has 1 N–H and O–H groups in total. The Bertz CT molecular complexity index is 420. The molecule has 2 amide bonds. The molecule has 0 aromatic carbocycles. The number of nitrogens with zero attached hydrogens (tertiary/aromatic N) is 2. The molecule has 1 aromatic heterocycles. The van der Waals surface area contributed by atoms with Gasteiger partial charge in [0.25, 0.3) is 0 Å². The number of hydrogen-bond donors (Lipinski definition) is 1. The minimum Gasteiger partial charge on any atom is -0.338 e. The Kier molecular flexibility index (Phi) is 3.55. The molecule has 1 saturated heterocycles. The van der Waals surface area contributed by atoms with Crippen LogP contribution in [-0.4, -0.2) is 29.0 Å². The Labute approximate surface area is 108 Å². The fraction of sp³-hybridized carbons (Fsp3) is 0.571. The molecule has 2 rings (SSSR count). The van der Waals surface area contributed by atoms with Crippen molar-refractivity contribution in [3.8, 4) is 0 Å². The average Bonchev–Trinajstić information content (AvgIpc) is 2.32. The summed E-state index contributed by atoms with van der Waals surface area (Å²) >= 11 is 0. The first-order valence-corrected chi connectivity index (χ1v) is 6.45. The van der Waals surface area contributed by atoms with Crippen LogP contribution in [0, 0.1) is 0 Å². The summed E-state index contributed by atoms with van der Waals surface area (Å²) in [5.41, 5.74) is 2.23. The van der Waals surface area contributed by atoms with Crippen LogP contribution in [0.1, 0.15) is 38.4 Å². The molecular weight excluding hydrogens is 226 g/mol. The number of pyridine rings is 1. The summed E-state index contributed by atoms with van der Waals surface area (Å²) in [5, 5.41) is 2.85. The first-order chi connectivity index (χ1) is 8.47. The van der Waals surface area contributed by atoms with Gasteiger partial charge in [-0.3, -0.25) is 4.98 Å². The maximum Gasteiger partial charge on any atom is 0.317 e. The van der Waals surface area contributed by atoms with E-state index in [0.717, 1.165) is 30.8 Å². The number of nitrogens with one attached hydrogen (secondary N) is 1. The SMILES string of the molecule is CC(C)(C)c1ccc(CN2CCCNC2=O)cn1. The van der Waals surface area contributed by atoms with E-state index in [-0.39, 0.29) is 11.4 Å². The maximum atomic E-state index is 11.6. The number of hydrogen-bond acceptors (Lipinski definition) is 2. The minimum atomic E-state index is 0.0288. The molecule has 0 aliphatic carbocycles. The summed E-state index contributed by atoms with van der Waals surface area (Å²) in [4.78, 5) is 17.9. The molecule has 2 heterocycles. The third-order valence-electron chi connectivity index (χ3n) is 3.13. The molecule has 0 atom stereocenters. The van der Waals surface area contributed by atoms with Gasteiger partial charge in [0, 0.05) is 36.9 Å². The van der Waals surface area contributed by atoms with Crippen LogP contribution in [0.15, 0.2) is 18.3 Å². The van der Waals surface area contributed by atoms with Crippen molar-refractivity contribution in [3.05, 3.63) is 29.6 Å². The molecule has 0 unspecified atom stereocenters. The lowest BCUT2D eigenvalue weighted by molar-refractivity contribution is 0.183. The van der Waals surface area contributed by atoms with Crippen LogP contribution in [0.3, 0.4) is 0 Å². The smallest absolute Gasteiger partial charge is 0.317 e. The minimum absolute atomic E-state index is 0.0288. The average molecular weight is 247 g/mol. The first-order valence-electron chi connectivity index (χ1n) is 6.45. The second-order valence-corrected chi connectivity index (χ2v) is 5.81. The van der Waals surface area contributed by atoms with Crippen molar-refractivity contribution in [3.63, 3.8) is 0 Å². The number of aromatic nitrogens is 1. The van der Waals surface area contributed by atoms with Crippen LogP contribution in [-0.2, 0) is 12.0 Å². The second kappa shape index (κ2) is 4.96. The molecule has 0 radical (unpaired) electrons. The molecule has 1 aromatic rings. The number of rotatable bonds is 2. The van der Waals surface area contributed by atoms with Gasteiger partial charge in [-0.15, -0.1) is 0 Å². The molecule has 18 heavy (non-hydrogen) atoms. The van der Waals surface area contributed by atoms with Crippen LogP contribution in [0.25, 0.3) is 0 Å². The zero-order valence-corrected chi connectivity index (χ0v) is 11.4. The lowest BCUT2D eigenvalue weighted by Gasteiger charge is -2.27. The van der Waals surface area contributed by atoms with Gasteiger partial charge in [-0.1, -0.05) is 26.8 Å². The van der Waals surface area contributed by atoms with Gasteiger partial charge in [-0.05, 0) is 18.1 Å². The van der Waals surface area contributed by atoms with Crippen molar-refractivity contribution in [2.45, 2.75) is 39.2 Å². The predicted octanol–water partition coefficient (Wildman–Crippen LogP) is 2.29. The molecule has 0 saturated carbocycles. The molecular formula is C14H21N3O. The number of urea groups is 1. The van der Waals surface area contributed by atoms with Crippen molar-refractivity contribution in [1.82, 2.24) is 15.2 Å². The van der Waals surface area contributed by atoms with E-state index >= 15 is 0 Å². The molecule has 4 heteroatoms. The Hall–Kier alpha value is -1.58. The summed E-state index contributed by atoms with van der Waals surface area (Å²) < 4.78 is 0. The molecule has 0 bridgehead atoms. The van der Waals surface area contributed by atoms with Gasteiger partial charge in [0.2, 0.25) is 0 Å². The van der Waals surface area contributed by atoms with E-state index in [1.807, 2.05) is 11.1 Å². The Morgan fingerprint density at radius 2 is 2.17 bits per heavy atom. The highest BCUT2D eigenvalue weighted by molar-refractivity contribution is 5.74. The van der Waals surface area contributed by atoms with Crippen molar-refractivity contribution < 1.29 is 4.79 Å².